The fourth-order valence-electron chi connectivity index (χ4n) is 1.92. The molecule has 0 aliphatic heterocycles. The molecular formula is C14H11ClN2O4. The zero-order valence-electron chi connectivity index (χ0n) is 10.8. The lowest BCUT2D eigenvalue weighted by atomic mass is 10.2. The first-order valence-corrected chi connectivity index (χ1v) is 6.73. The molecule has 1 aliphatic carbocycles. The van der Waals surface area contributed by atoms with Crippen molar-refractivity contribution in [3.8, 4) is 0 Å². The van der Waals surface area contributed by atoms with Crippen molar-refractivity contribution >= 4 is 29.2 Å². The molecule has 0 unspecified atom stereocenters. The van der Waals surface area contributed by atoms with Gasteiger partial charge < -0.3 is 14.9 Å². The fraction of sp³-hybridized carbons (Fsp3) is 0.214. The number of nitrogens with zero attached hydrogens (tertiary/aromatic N) is 1. The molecule has 0 bridgehead atoms. The van der Waals surface area contributed by atoms with Crippen LogP contribution < -0.4 is 5.32 Å². The van der Waals surface area contributed by atoms with Crippen LogP contribution in [0.25, 0.3) is 0 Å². The van der Waals surface area contributed by atoms with Crippen LogP contribution in [-0.4, -0.2) is 22.1 Å². The number of rotatable bonds is 4. The number of hydrogen-bond donors (Lipinski definition) is 2. The summed E-state index contributed by atoms with van der Waals surface area (Å²) in [6.45, 7) is 0. The zero-order valence-corrected chi connectivity index (χ0v) is 11.6. The zero-order chi connectivity index (χ0) is 15.0. The lowest BCUT2D eigenvalue weighted by Crippen LogP contribution is -2.12. The summed E-state index contributed by atoms with van der Waals surface area (Å²) in [4.78, 5) is 22.9. The molecule has 21 heavy (non-hydrogen) atoms. The second-order valence-electron chi connectivity index (χ2n) is 4.84. The highest BCUT2D eigenvalue weighted by Gasteiger charge is 2.28. The highest BCUT2D eigenvalue weighted by atomic mass is 35.5. The van der Waals surface area contributed by atoms with Gasteiger partial charge in [-0.05, 0) is 31.0 Å². The molecule has 108 valence electrons. The predicted octanol–water partition coefficient (Wildman–Crippen LogP) is 3.16. The first kappa shape index (κ1) is 13.6. The van der Waals surface area contributed by atoms with Crippen LogP contribution in [0.1, 0.15) is 45.4 Å². The van der Waals surface area contributed by atoms with Gasteiger partial charge in [0.2, 0.25) is 0 Å². The third-order valence-electron chi connectivity index (χ3n) is 3.20. The van der Waals surface area contributed by atoms with Crippen LogP contribution in [0.3, 0.4) is 0 Å². The highest BCUT2D eigenvalue weighted by Crippen LogP contribution is 2.40. The highest BCUT2D eigenvalue weighted by molar-refractivity contribution is 6.33. The van der Waals surface area contributed by atoms with Crippen molar-refractivity contribution in [3.63, 3.8) is 0 Å². The van der Waals surface area contributed by atoms with Crippen LogP contribution in [0, 0.1) is 0 Å². The van der Waals surface area contributed by atoms with Crippen LogP contribution in [0.15, 0.2) is 28.8 Å². The average molecular weight is 307 g/mol. The van der Waals surface area contributed by atoms with E-state index in [9.17, 15) is 9.59 Å². The van der Waals surface area contributed by atoms with Gasteiger partial charge in [-0.3, -0.25) is 4.79 Å². The van der Waals surface area contributed by atoms with E-state index in [1.54, 1.807) is 6.07 Å². The predicted molar refractivity (Wildman–Crippen MR) is 74.8 cm³/mol. The molecule has 0 saturated heterocycles. The SMILES string of the molecule is O=C(Nc1ccc(C(=O)O)c(Cl)c1)c1cc(C2CC2)on1. The van der Waals surface area contributed by atoms with E-state index in [4.69, 9.17) is 21.2 Å². The minimum absolute atomic E-state index is 0.0212. The third-order valence-corrected chi connectivity index (χ3v) is 3.51. The van der Waals surface area contributed by atoms with Crippen molar-refractivity contribution in [2.24, 2.45) is 0 Å². The van der Waals surface area contributed by atoms with Gasteiger partial charge in [0, 0.05) is 17.7 Å². The van der Waals surface area contributed by atoms with Gasteiger partial charge in [0.15, 0.2) is 5.69 Å². The van der Waals surface area contributed by atoms with Crippen LogP contribution in [0.5, 0.6) is 0 Å². The lowest BCUT2D eigenvalue weighted by molar-refractivity contribution is 0.0697. The number of carboxylic acids is 1. The van der Waals surface area contributed by atoms with Gasteiger partial charge in [-0.25, -0.2) is 4.79 Å². The Kier molecular flexibility index (Phi) is 3.39. The molecule has 2 aromatic rings. The Labute approximate surface area is 124 Å². The number of carboxylic acid groups (broad SMARTS) is 1. The van der Waals surface area contributed by atoms with Gasteiger partial charge >= 0.3 is 5.97 Å². The Morgan fingerprint density at radius 2 is 2.10 bits per heavy atom. The summed E-state index contributed by atoms with van der Waals surface area (Å²) < 4.78 is 5.11. The van der Waals surface area contributed by atoms with E-state index in [1.807, 2.05) is 0 Å². The number of hydrogen-bond acceptors (Lipinski definition) is 4. The molecule has 1 aromatic heterocycles. The summed E-state index contributed by atoms with van der Waals surface area (Å²) in [5, 5.41) is 15.3. The molecular weight excluding hydrogens is 296 g/mol. The number of amides is 1. The van der Waals surface area contributed by atoms with E-state index in [0.29, 0.717) is 11.6 Å². The van der Waals surface area contributed by atoms with Crippen LogP contribution in [0.4, 0.5) is 5.69 Å². The maximum absolute atomic E-state index is 12.0. The number of carbonyl (C=O) groups excluding carboxylic acids is 1. The van der Waals surface area contributed by atoms with Crippen molar-refractivity contribution in [2.45, 2.75) is 18.8 Å². The van der Waals surface area contributed by atoms with E-state index in [-0.39, 0.29) is 16.3 Å². The van der Waals surface area contributed by atoms with Gasteiger partial charge in [-0.15, -0.1) is 0 Å². The average Bonchev–Trinajstić information content (AvgIpc) is 3.16. The van der Waals surface area contributed by atoms with E-state index in [1.165, 1.54) is 18.2 Å². The first-order chi connectivity index (χ1) is 10.0. The van der Waals surface area contributed by atoms with Crippen LogP contribution in [0.2, 0.25) is 5.02 Å². The number of carbonyl (C=O) groups is 2. The molecule has 1 aromatic carbocycles. The molecule has 1 aliphatic rings. The Morgan fingerprint density at radius 1 is 1.33 bits per heavy atom. The lowest BCUT2D eigenvalue weighted by Gasteiger charge is -2.05. The number of nitrogens with one attached hydrogen (secondary N) is 1. The Balaban J connectivity index is 1.74. The van der Waals surface area contributed by atoms with Crippen molar-refractivity contribution in [1.82, 2.24) is 5.16 Å². The maximum Gasteiger partial charge on any atom is 0.337 e. The molecule has 1 heterocycles. The Morgan fingerprint density at radius 3 is 2.71 bits per heavy atom. The van der Waals surface area contributed by atoms with Crippen molar-refractivity contribution in [2.75, 3.05) is 5.32 Å². The number of halogens is 1. The number of aromatic nitrogens is 1. The first-order valence-electron chi connectivity index (χ1n) is 6.35. The van der Waals surface area contributed by atoms with Crippen molar-refractivity contribution < 1.29 is 19.2 Å². The van der Waals surface area contributed by atoms with Crippen LogP contribution >= 0.6 is 11.6 Å². The monoisotopic (exact) mass is 306 g/mol. The smallest absolute Gasteiger partial charge is 0.337 e. The molecule has 2 N–H and O–H groups in total. The molecule has 1 saturated carbocycles. The second kappa shape index (κ2) is 5.21. The van der Waals surface area contributed by atoms with Gasteiger partial charge in [0.05, 0.1) is 10.6 Å². The number of aromatic carboxylic acids is 1. The minimum atomic E-state index is -1.12. The molecule has 7 heteroatoms. The fourth-order valence-corrected chi connectivity index (χ4v) is 2.18. The molecule has 6 nitrogen and oxygen atoms in total. The van der Waals surface area contributed by atoms with E-state index in [0.717, 1.165) is 18.6 Å². The molecule has 0 atom stereocenters. The van der Waals surface area contributed by atoms with Gasteiger partial charge in [-0.1, -0.05) is 16.8 Å². The Bertz CT molecular complexity index is 722. The van der Waals surface area contributed by atoms with Gasteiger partial charge in [0.1, 0.15) is 5.76 Å². The quantitative estimate of drug-likeness (QED) is 0.905. The summed E-state index contributed by atoms with van der Waals surface area (Å²) in [7, 11) is 0. The molecule has 3 rings (SSSR count). The molecule has 1 amide bonds. The third kappa shape index (κ3) is 2.90. The topological polar surface area (TPSA) is 92.4 Å². The van der Waals surface area contributed by atoms with Crippen molar-refractivity contribution in [3.05, 3.63) is 46.3 Å². The number of anilines is 1. The number of benzene rings is 1. The summed E-state index contributed by atoms with van der Waals surface area (Å²) in [5.74, 6) is -0.448. The maximum atomic E-state index is 12.0. The summed E-state index contributed by atoms with van der Waals surface area (Å²) in [6, 6.07) is 5.80. The van der Waals surface area contributed by atoms with Crippen LogP contribution in [-0.2, 0) is 0 Å². The molecule has 1 fully saturated rings. The largest absolute Gasteiger partial charge is 0.478 e. The summed E-state index contributed by atoms with van der Waals surface area (Å²) >= 11 is 5.84. The van der Waals surface area contributed by atoms with E-state index < -0.39 is 11.9 Å². The van der Waals surface area contributed by atoms with E-state index >= 15 is 0 Å². The van der Waals surface area contributed by atoms with Gasteiger partial charge in [0.25, 0.3) is 5.91 Å². The second-order valence-corrected chi connectivity index (χ2v) is 5.25. The molecule has 0 spiro atoms. The van der Waals surface area contributed by atoms with Crippen molar-refractivity contribution in [1.29, 1.82) is 0 Å². The molecule has 0 radical (unpaired) electrons. The summed E-state index contributed by atoms with van der Waals surface area (Å²) in [6.07, 6.45) is 2.12. The standard InChI is InChI=1S/C14H11ClN2O4/c15-10-5-8(3-4-9(10)14(19)20)16-13(18)11-6-12(21-17-11)7-1-2-7/h3-7H,1-2H2,(H,16,18)(H,19,20). The van der Waals surface area contributed by atoms with Gasteiger partial charge in [-0.2, -0.15) is 0 Å². The normalized spacial score (nSPS) is 14.0. The van der Waals surface area contributed by atoms with E-state index in [2.05, 4.69) is 10.5 Å². The summed E-state index contributed by atoms with van der Waals surface area (Å²) in [5.41, 5.74) is 0.563. The minimum Gasteiger partial charge on any atom is -0.478 e. The Hall–Kier alpha value is -2.34.